The molecule has 0 N–H and O–H groups in total. The van der Waals surface area contributed by atoms with Crippen LogP contribution in [-0.2, 0) is 28.6 Å². The van der Waals surface area contributed by atoms with Gasteiger partial charge in [0, 0.05) is 12.8 Å². The zero-order valence-corrected chi connectivity index (χ0v) is 19.2. The molecule has 0 spiro atoms. The summed E-state index contributed by atoms with van der Waals surface area (Å²) in [7, 11) is 0. The minimum Gasteiger partial charge on any atom is -0.462 e. The third-order valence-corrected chi connectivity index (χ3v) is 4.41. The van der Waals surface area contributed by atoms with E-state index in [-0.39, 0.29) is 30.2 Å². The highest BCUT2D eigenvalue weighted by molar-refractivity contribution is 5.70. The van der Waals surface area contributed by atoms with Gasteiger partial charge in [0.25, 0.3) is 6.47 Å². The Morgan fingerprint density at radius 3 is 1.61 bits per heavy atom. The second-order valence-electron chi connectivity index (χ2n) is 10.1. The van der Waals surface area contributed by atoms with Gasteiger partial charge in [-0.15, -0.1) is 0 Å². The standard InChI is InChI=1S/C22H40O6/c1-16(2)12-18(24)27-20(4,5)10-11-21(6,7)28-19(25)13-17(3)14-22(8,9)26-15-23/h15-17H,10-14H2,1-9H3. The molecule has 0 aliphatic carbocycles. The van der Waals surface area contributed by atoms with Crippen LogP contribution in [0.3, 0.4) is 0 Å². The summed E-state index contributed by atoms with van der Waals surface area (Å²) in [4.78, 5) is 34.8. The Hall–Kier alpha value is -1.59. The van der Waals surface area contributed by atoms with Crippen LogP contribution in [0.4, 0.5) is 0 Å². The van der Waals surface area contributed by atoms with Crippen LogP contribution in [-0.4, -0.2) is 35.2 Å². The van der Waals surface area contributed by atoms with Gasteiger partial charge in [-0.2, -0.15) is 0 Å². The maximum atomic E-state index is 12.3. The number of ether oxygens (including phenoxy) is 3. The SMILES string of the molecule is CC(C)CC(=O)OC(C)(C)CCC(C)(C)OC(=O)CC(C)CC(C)(C)OC=O. The van der Waals surface area contributed by atoms with Gasteiger partial charge in [-0.25, -0.2) is 0 Å². The molecule has 6 heteroatoms. The monoisotopic (exact) mass is 400 g/mol. The first-order valence-corrected chi connectivity index (χ1v) is 10.1. The molecule has 1 unspecified atom stereocenters. The highest BCUT2D eigenvalue weighted by Gasteiger charge is 2.31. The molecule has 0 aromatic rings. The molecular formula is C22H40O6. The molecule has 0 rings (SSSR count). The lowest BCUT2D eigenvalue weighted by atomic mass is 9.91. The van der Waals surface area contributed by atoms with E-state index in [1.807, 2.05) is 62.3 Å². The van der Waals surface area contributed by atoms with E-state index in [2.05, 4.69) is 0 Å². The van der Waals surface area contributed by atoms with Crippen LogP contribution in [0.25, 0.3) is 0 Å². The van der Waals surface area contributed by atoms with E-state index >= 15 is 0 Å². The molecule has 6 nitrogen and oxygen atoms in total. The average molecular weight is 401 g/mol. The molecule has 0 fully saturated rings. The van der Waals surface area contributed by atoms with Crippen LogP contribution in [0.1, 0.15) is 94.4 Å². The first-order chi connectivity index (χ1) is 12.6. The van der Waals surface area contributed by atoms with Crippen molar-refractivity contribution >= 4 is 18.4 Å². The van der Waals surface area contributed by atoms with Gasteiger partial charge in [0.1, 0.15) is 16.8 Å². The van der Waals surface area contributed by atoms with Crippen LogP contribution in [0.15, 0.2) is 0 Å². The third-order valence-electron chi connectivity index (χ3n) is 4.41. The maximum Gasteiger partial charge on any atom is 0.306 e. The van der Waals surface area contributed by atoms with Crippen LogP contribution in [0.5, 0.6) is 0 Å². The van der Waals surface area contributed by atoms with E-state index in [1.54, 1.807) is 0 Å². The average Bonchev–Trinajstić information content (AvgIpc) is 2.41. The lowest BCUT2D eigenvalue weighted by Gasteiger charge is -2.32. The Balaban J connectivity index is 4.52. The quantitative estimate of drug-likeness (QED) is 0.250. The van der Waals surface area contributed by atoms with Crippen molar-refractivity contribution in [3.05, 3.63) is 0 Å². The van der Waals surface area contributed by atoms with Crippen molar-refractivity contribution in [1.29, 1.82) is 0 Å². The van der Waals surface area contributed by atoms with Crippen molar-refractivity contribution in [2.45, 2.75) is 111 Å². The number of carbonyl (C=O) groups is 3. The summed E-state index contributed by atoms with van der Waals surface area (Å²) in [6, 6.07) is 0. The van der Waals surface area contributed by atoms with Crippen LogP contribution in [0.2, 0.25) is 0 Å². The second-order valence-corrected chi connectivity index (χ2v) is 10.1. The Morgan fingerprint density at radius 2 is 1.21 bits per heavy atom. The topological polar surface area (TPSA) is 78.9 Å². The fourth-order valence-corrected chi connectivity index (χ4v) is 3.11. The zero-order chi connectivity index (χ0) is 22.2. The molecule has 0 aromatic carbocycles. The Labute approximate surface area is 170 Å². The van der Waals surface area contributed by atoms with Crippen molar-refractivity contribution in [3.8, 4) is 0 Å². The van der Waals surface area contributed by atoms with E-state index in [0.717, 1.165) is 0 Å². The van der Waals surface area contributed by atoms with Crippen LogP contribution < -0.4 is 0 Å². The molecule has 0 amide bonds. The molecule has 164 valence electrons. The Morgan fingerprint density at radius 1 is 0.786 bits per heavy atom. The third kappa shape index (κ3) is 12.7. The van der Waals surface area contributed by atoms with E-state index < -0.39 is 16.8 Å². The highest BCUT2D eigenvalue weighted by Crippen LogP contribution is 2.27. The smallest absolute Gasteiger partial charge is 0.306 e. The van der Waals surface area contributed by atoms with Crippen molar-refractivity contribution in [3.63, 3.8) is 0 Å². The lowest BCUT2D eigenvalue weighted by Crippen LogP contribution is -2.35. The molecule has 0 heterocycles. The van der Waals surface area contributed by atoms with Crippen molar-refractivity contribution in [2.75, 3.05) is 0 Å². The minimum atomic E-state index is -0.659. The molecular weight excluding hydrogens is 360 g/mol. The van der Waals surface area contributed by atoms with E-state index in [4.69, 9.17) is 14.2 Å². The minimum absolute atomic E-state index is 0.0201. The first-order valence-electron chi connectivity index (χ1n) is 10.1. The van der Waals surface area contributed by atoms with E-state index in [0.29, 0.717) is 32.2 Å². The first kappa shape index (κ1) is 26.4. The van der Waals surface area contributed by atoms with Gasteiger partial charge in [0.15, 0.2) is 0 Å². The van der Waals surface area contributed by atoms with Crippen LogP contribution >= 0.6 is 0 Å². The molecule has 28 heavy (non-hydrogen) atoms. The number of rotatable bonds is 13. The normalized spacial score (nSPS) is 13.8. The zero-order valence-electron chi connectivity index (χ0n) is 19.2. The molecule has 0 radical (unpaired) electrons. The van der Waals surface area contributed by atoms with E-state index in [1.165, 1.54) is 0 Å². The number of esters is 2. The fourth-order valence-electron chi connectivity index (χ4n) is 3.11. The summed E-state index contributed by atoms with van der Waals surface area (Å²) in [5, 5.41) is 0. The predicted molar refractivity (Wildman–Crippen MR) is 109 cm³/mol. The Bertz CT molecular complexity index is 519. The maximum absolute atomic E-state index is 12.3. The van der Waals surface area contributed by atoms with Gasteiger partial charge in [0.2, 0.25) is 0 Å². The van der Waals surface area contributed by atoms with Crippen molar-refractivity contribution < 1.29 is 28.6 Å². The van der Waals surface area contributed by atoms with Gasteiger partial charge in [-0.05, 0) is 72.6 Å². The summed E-state index contributed by atoms with van der Waals surface area (Å²) in [6.07, 6.45) is 2.38. The van der Waals surface area contributed by atoms with Crippen molar-refractivity contribution in [1.82, 2.24) is 0 Å². The molecule has 0 saturated carbocycles. The molecule has 0 aliphatic heterocycles. The summed E-state index contributed by atoms with van der Waals surface area (Å²) in [6.45, 7) is 17.4. The summed E-state index contributed by atoms with van der Waals surface area (Å²) < 4.78 is 16.3. The largest absolute Gasteiger partial charge is 0.462 e. The number of carbonyl (C=O) groups excluding carboxylic acids is 3. The van der Waals surface area contributed by atoms with Gasteiger partial charge in [-0.3, -0.25) is 14.4 Å². The number of hydrogen-bond acceptors (Lipinski definition) is 6. The van der Waals surface area contributed by atoms with E-state index in [9.17, 15) is 14.4 Å². The summed E-state index contributed by atoms with van der Waals surface area (Å²) in [5.41, 5.74) is -1.88. The summed E-state index contributed by atoms with van der Waals surface area (Å²) >= 11 is 0. The van der Waals surface area contributed by atoms with Gasteiger partial charge in [-0.1, -0.05) is 20.8 Å². The molecule has 0 saturated heterocycles. The van der Waals surface area contributed by atoms with Gasteiger partial charge < -0.3 is 14.2 Å². The second kappa shape index (κ2) is 10.8. The predicted octanol–water partition coefficient (Wildman–Crippen LogP) is 4.82. The Kier molecular flexibility index (Phi) is 10.2. The molecule has 0 aromatic heterocycles. The van der Waals surface area contributed by atoms with Crippen molar-refractivity contribution in [2.24, 2.45) is 11.8 Å². The molecule has 0 bridgehead atoms. The highest BCUT2D eigenvalue weighted by atomic mass is 16.6. The van der Waals surface area contributed by atoms with Gasteiger partial charge >= 0.3 is 11.9 Å². The lowest BCUT2D eigenvalue weighted by molar-refractivity contribution is -0.165. The van der Waals surface area contributed by atoms with Gasteiger partial charge in [0.05, 0.1) is 0 Å². The molecule has 0 aliphatic rings. The molecule has 1 atom stereocenters. The summed E-state index contributed by atoms with van der Waals surface area (Å²) in [5.74, 6) is -0.214. The fraction of sp³-hybridized carbons (Fsp3) is 0.864. The number of hydrogen-bond donors (Lipinski definition) is 0. The van der Waals surface area contributed by atoms with Crippen LogP contribution in [0, 0.1) is 11.8 Å².